The molecule has 4 heterocycles. The predicted octanol–water partition coefficient (Wildman–Crippen LogP) is 1.78. The van der Waals surface area contributed by atoms with Crippen molar-refractivity contribution in [2.24, 2.45) is 5.92 Å². The van der Waals surface area contributed by atoms with Crippen LogP contribution in [-0.2, 0) is 25.9 Å². The molecule has 152 valence electrons. The molecule has 0 radical (unpaired) electrons. The third-order valence-electron chi connectivity index (χ3n) is 6.24. The number of aromatic nitrogens is 6. The molecule has 0 atom stereocenters. The fourth-order valence-electron chi connectivity index (χ4n) is 4.53. The maximum Gasteiger partial charge on any atom is 0.267 e. The van der Waals surface area contributed by atoms with Gasteiger partial charge < -0.3 is 0 Å². The summed E-state index contributed by atoms with van der Waals surface area (Å²) in [6.07, 6.45) is 6.49. The van der Waals surface area contributed by atoms with Gasteiger partial charge in [0, 0.05) is 12.6 Å². The Morgan fingerprint density at radius 1 is 1.07 bits per heavy atom. The summed E-state index contributed by atoms with van der Waals surface area (Å²) in [7, 11) is 0. The van der Waals surface area contributed by atoms with Gasteiger partial charge in [-0.1, -0.05) is 0 Å². The normalized spacial score (nSPS) is 18.2. The van der Waals surface area contributed by atoms with E-state index in [9.17, 15) is 4.79 Å². The van der Waals surface area contributed by atoms with Crippen LogP contribution in [-0.4, -0.2) is 47.6 Å². The highest BCUT2D eigenvalue weighted by Crippen LogP contribution is 2.21. The van der Waals surface area contributed by atoms with Crippen molar-refractivity contribution in [2.45, 2.75) is 58.5 Å². The lowest BCUT2D eigenvalue weighted by molar-refractivity contribution is 0.159. The second kappa shape index (κ2) is 7.67. The molecular formula is C21H27N7O. The molecule has 1 fully saturated rings. The molecule has 0 amide bonds. The van der Waals surface area contributed by atoms with E-state index >= 15 is 0 Å². The smallest absolute Gasteiger partial charge is 0.267 e. The lowest BCUT2D eigenvalue weighted by Gasteiger charge is -2.31. The van der Waals surface area contributed by atoms with E-state index in [-0.39, 0.29) is 5.56 Å². The number of nitrogens with zero attached hydrogens (tertiary/aromatic N) is 7. The van der Waals surface area contributed by atoms with Crippen molar-refractivity contribution < 1.29 is 0 Å². The van der Waals surface area contributed by atoms with E-state index in [4.69, 9.17) is 0 Å². The summed E-state index contributed by atoms with van der Waals surface area (Å²) in [6.45, 7) is 5.44. The molecule has 3 aromatic heterocycles. The quantitative estimate of drug-likeness (QED) is 0.672. The highest BCUT2D eigenvalue weighted by Gasteiger charge is 2.23. The summed E-state index contributed by atoms with van der Waals surface area (Å²) >= 11 is 0. The molecule has 0 unspecified atom stereocenters. The van der Waals surface area contributed by atoms with Crippen LogP contribution in [0.3, 0.4) is 0 Å². The SMILES string of the molecule is Cc1ccc2nnc(CN3CCC(Cn4nc5c(cc4=O)CCCC5)CC3)n2n1. The Bertz CT molecular complexity index is 1080. The molecule has 5 rings (SSSR count). The van der Waals surface area contributed by atoms with Crippen molar-refractivity contribution in [3.63, 3.8) is 0 Å². The average Bonchev–Trinajstić information content (AvgIpc) is 3.12. The van der Waals surface area contributed by atoms with Crippen molar-refractivity contribution >= 4 is 5.65 Å². The molecule has 8 heteroatoms. The van der Waals surface area contributed by atoms with Crippen molar-refractivity contribution in [2.75, 3.05) is 13.1 Å². The number of piperidine rings is 1. The monoisotopic (exact) mass is 393 g/mol. The second-order valence-electron chi connectivity index (χ2n) is 8.42. The molecule has 1 saturated heterocycles. The summed E-state index contributed by atoms with van der Waals surface area (Å²) in [5.74, 6) is 1.38. The number of likely N-dealkylation sites (tertiary alicyclic amines) is 1. The fourth-order valence-corrected chi connectivity index (χ4v) is 4.53. The van der Waals surface area contributed by atoms with Gasteiger partial charge in [0.15, 0.2) is 11.5 Å². The van der Waals surface area contributed by atoms with Crippen LogP contribution in [0.15, 0.2) is 23.0 Å². The summed E-state index contributed by atoms with van der Waals surface area (Å²) in [4.78, 5) is 14.9. The second-order valence-corrected chi connectivity index (χ2v) is 8.42. The Hall–Kier alpha value is -2.61. The maximum absolute atomic E-state index is 12.5. The van der Waals surface area contributed by atoms with Crippen molar-refractivity contribution in [1.82, 2.24) is 34.5 Å². The number of fused-ring (bicyclic) bond motifs is 2. The van der Waals surface area contributed by atoms with Gasteiger partial charge in [0.05, 0.1) is 17.9 Å². The van der Waals surface area contributed by atoms with Crippen LogP contribution in [0.25, 0.3) is 5.65 Å². The number of aryl methyl sites for hydroxylation is 3. The Kier molecular flexibility index (Phi) is 4.87. The molecule has 0 aromatic carbocycles. The minimum Gasteiger partial charge on any atom is -0.296 e. The number of rotatable bonds is 4. The molecule has 3 aromatic rings. The van der Waals surface area contributed by atoms with E-state index in [1.54, 1.807) is 4.68 Å². The molecule has 2 aliphatic rings. The Morgan fingerprint density at radius 2 is 1.90 bits per heavy atom. The first-order valence-corrected chi connectivity index (χ1v) is 10.7. The van der Waals surface area contributed by atoms with E-state index in [0.29, 0.717) is 5.92 Å². The highest BCUT2D eigenvalue weighted by molar-refractivity contribution is 5.36. The molecule has 8 nitrogen and oxygen atoms in total. The van der Waals surface area contributed by atoms with Crippen LogP contribution in [0.1, 0.15) is 48.5 Å². The lowest BCUT2D eigenvalue weighted by Crippen LogP contribution is -2.37. The first-order valence-electron chi connectivity index (χ1n) is 10.7. The van der Waals surface area contributed by atoms with E-state index < -0.39 is 0 Å². The molecule has 1 aliphatic carbocycles. The van der Waals surface area contributed by atoms with Gasteiger partial charge in [0.25, 0.3) is 5.56 Å². The van der Waals surface area contributed by atoms with Gasteiger partial charge in [-0.2, -0.15) is 14.7 Å². The van der Waals surface area contributed by atoms with E-state index in [2.05, 4.69) is 25.3 Å². The van der Waals surface area contributed by atoms with E-state index in [1.165, 1.54) is 12.8 Å². The Morgan fingerprint density at radius 3 is 2.76 bits per heavy atom. The Balaban J connectivity index is 1.22. The first kappa shape index (κ1) is 18.4. The summed E-state index contributed by atoms with van der Waals surface area (Å²) in [6, 6.07) is 5.73. The van der Waals surface area contributed by atoms with Crippen LogP contribution >= 0.6 is 0 Å². The maximum atomic E-state index is 12.5. The van der Waals surface area contributed by atoms with Gasteiger partial charge in [-0.05, 0) is 82.2 Å². The number of hydrogen-bond donors (Lipinski definition) is 0. The largest absolute Gasteiger partial charge is 0.296 e. The van der Waals surface area contributed by atoms with Crippen LogP contribution in [0.2, 0.25) is 0 Å². The van der Waals surface area contributed by atoms with Gasteiger partial charge >= 0.3 is 0 Å². The van der Waals surface area contributed by atoms with Crippen LogP contribution in [0.4, 0.5) is 0 Å². The first-order chi connectivity index (χ1) is 14.2. The average molecular weight is 393 g/mol. The van der Waals surface area contributed by atoms with Gasteiger partial charge in [-0.3, -0.25) is 9.69 Å². The molecule has 0 N–H and O–H groups in total. The molecule has 29 heavy (non-hydrogen) atoms. The van der Waals surface area contributed by atoms with Crippen molar-refractivity contribution in [1.29, 1.82) is 0 Å². The summed E-state index contributed by atoms with van der Waals surface area (Å²) in [5.41, 5.74) is 4.11. The zero-order chi connectivity index (χ0) is 19.8. The third kappa shape index (κ3) is 3.81. The molecule has 0 saturated carbocycles. The predicted molar refractivity (Wildman–Crippen MR) is 109 cm³/mol. The zero-order valence-corrected chi connectivity index (χ0v) is 16.9. The van der Waals surface area contributed by atoms with Gasteiger partial charge in [-0.25, -0.2) is 4.68 Å². The summed E-state index contributed by atoms with van der Waals surface area (Å²) < 4.78 is 3.56. The highest BCUT2D eigenvalue weighted by atomic mass is 16.1. The van der Waals surface area contributed by atoms with Crippen molar-refractivity contribution in [3.8, 4) is 0 Å². The van der Waals surface area contributed by atoms with Gasteiger partial charge in [0.2, 0.25) is 0 Å². The molecule has 0 spiro atoms. The zero-order valence-electron chi connectivity index (χ0n) is 16.9. The van der Waals surface area contributed by atoms with E-state index in [1.807, 2.05) is 29.6 Å². The molecule has 0 bridgehead atoms. The lowest BCUT2D eigenvalue weighted by atomic mass is 9.96. The van der Waals surface area contributed by atoms with Crippen molar-refractivity contribution in [3.05, 3.63) is 51.3 Å². The standard InChI is InChI=1S/C21H27N7O/c1-15-6-7-19-22-23-20(28(19)24-15)14-26-10-8-16(9-11-26)13-27-21(29)12-17-4-2-3-5-18(17)25-27/h6-7,12,16H,2-5,8-11,13-14H2,1H3. The minimum absolute atomic E-state index is 0.0597. The van der Waals surface area contributed by atoms with Gasteiger partial charge in [-0.15, -0.1) is 10.2 Å². The van der Waals surface area contributed by atoms with Gasteiger partial charge in [0.1, 0.15) is 0 Å². The summed E-state index contributed by atoms with van der Waals surface area (Å²) in [5, 5.41) is 17.8. The molecule has 1 aliphatic heterocycles. The van der Waals surface area contributed by atoms with E-state index in [0.717, 1.165) is 80.3 Å². The topological polar surface area (TPSA) is 81.2 Å². The van der Waals surface area contributed by atoms with Crippen LogP contribution < -0.4 is 5.56 Å². The number of hydrogen-bond acceptors (Lipinski definition) is 6. The third-order valence-corrected chi connectivity index (χ3v) is 6.24. The fraction of sp³-hybridized carbons (Fsp3) is 0.571. The minimum atomic E-state index is 0.0597. The van der Waals surface area contributed by atoms with Crippen LogP contribution in [0, 0.1) is 12.8 Å². The van der Waals surface area contributed by atoms with Crippen LogP contribution in [0.5, 0.6) is 0 Å². The Labute approximate surface area is 169 Å². The molecular weight excluding hydrogens is 366 g/mol.